The Morgan fingerprint density at radius 3 is 2.65 bits per heavy atom. The lowest BCUT2D eigenvalue weighted by Gasteiger charge is -2.19. The number of carbonyl (C=O) groups is 2. The number of pyridine rings is 1. The number of fused-ring (bicyclic) bond motifs is 2. The largest absolute Gasteiger partial charge is 0.481 e. The van der Waals surface area contributed by atoms with Crippen molar-refractivity contribution in [2.75, 3.05) is 5.32 Å². The lowest BCUT2D eigenvalue weighted by atomic mass is 9.84. The van der Waals surface area contributed by atoms with E-state index in [9.17, 15) is 14.9 Å². The SMILES string of the molecule is CC1C(C(=O)Nc2cc(C#N)ccc2CCCC(=O)O)[C@@]12CC(C)(C)c1ccc(-c3cccnc3)cc12. The average molecular weight is 494 g/mol. The van der Waals surface area contributed by atoms with E-state index in [1.807, 2.05) is 18.3 Å². The highest BCUT2D eigenvalue weighted by atomic mass is 16.4. The highest BCUT2D eigenvalue weighted by Gasteiger charge is 2.70. The predicted molar refractivity (Wildman–Crippen MR) is 142 cm³/mol. The van der Waals surface area contributed by atoms with Gasteiger partial charge in [-0.2, -0.15) is 5.26 Å². The van der Waals surface area contributed by atoms with Crippen LogP contribution in [0, 0.1) is 23.2 Å². The van der Waals surface area contributed by atoms with Gasteiger partial charge in [0.1, 0.15) is 0 Å². The van der Waals surface area contributed by atoms with Crippen LogP contribution in [0.1, 0.15) is 62.3 Å². The molecular weight excluding hydrogens is 462 g/mol. The lowest BCUT2D eigenvalue weighted by molar-refractivity contribution is -0.137. The average Bonchev–Trinajstić information content (AvgIpc) is 3.38. The summed E-state index contributed by atoms with van der Waals surface area (Å²) in [4.78, 5) is 29.0. The third-order valence-corrected chi connectivity index (χ3v) is 8.35. The fourth-order valence-corrected chi connectivity index (χ4v) is 6.55. The highest BCUT2D eigenvalue weighted by molar-refractivity contribution is 5.98. The van der Waals surface area contributed by atoms with Crippen molar-refractivity contribution in [3.63, 3.8) is 0 Å². The fourth-order valence-electron chi connectivity index (χ4n) is 6.55. The van der Waals surface area contributed by atoms with Crippen molar-refractivity contribution >= 4 is 17.6 Å². The minimum absolute atomic E-state index is 0.0440. The van der Waals surface area contributed by atoms with Gasteiger partial charge in [0.25, 0.3) is 0 Å². The first kappa shape index (κ1) is 24.7. The van der Waals surface area contributed by atoms with Crippen LogP contribution < -0.4 is 5.32 Å². The Balaban J connectivity index is 1.45. The molecule has 1 aromatic heterocycles. The van der Waals surface area contributed by atoms with E-state index in [1.54, 1.807) is 18.3 Å². The van der Waals surface area contributed by atoms with Gasteiger partial charge in [-0.1, -0.05) is 51.1 Å². The van der Waals surface area contributed by atoms with Crippen molar-refractivity contribution in [3.05, 3.63) is 83.2 Å². The van der Waals surface area contributed by atoms with Gasteiger partial charge in [-0.15, -0.1) is 0 Å². The molecule has 37 heavy (non-hydrogen) atoms. The summed E-state index contributed by atoms with van der Waals surface area (Å²) < 4.78 is 0. The Kier molecular flexibility index (Phi) is 6.11. The van der Waals surface area contributed by atoms with Gasteiger partial charge in [-0.05, 0) is 76.6 Å². The molecule has 1 spiro atoms. The number of amides is 1. The quantitative estimate of drug-likeness (QED) is 0.430. The van der Waals surface area contributed by atoms with Crippen LogP contribution in [0.4, 0.5) is 5.69 Å². The van der Waals surface area contributed by atoms with Crippen LogP contribution in [0.25, 0.3) is 11.1 Å². The molecule has 2 aliphatic rings. The number of hydrogen-bond acceptors (Lipinski definition) is 4. The first-order valence-electron chi connectivity index (χ1n) is 12.8. The Morgan fingerprint density at radius 1 is 1.14 bits per heavy atom. The van der Waals surface area contributed by atoms with E-state index in [0.29, 0.717) is 24.1 Å². The minimum atomic E-state index is -0.846. The van der Waals surface area contributed by atoms with Gasteiger partial charge in [0.15, 0.2) is 0 Å². The van der Waals surface area contributed by atoms with Crippen LogP contribution in [0.5, 0.6) is 0 Å². The summed E-state index contributed by atoms with van der Waals surface area (Å²) in [6.07, 6.45) is 5.57. The molecule has 0 saturated heterocycles. The number of hydrogen-bond donors (Lipinski definition) is 2. The predicted octanol–water partition coefficient (Wildman–Crippen LogP) is 5.85. The number of carboxylic acids is 1. The number of carbonyl (C=O) groups excluding carboxylic acids is 1. The molecule has 3 aromatic rings. The van der Waals surface area contributed by atoms with Crippen LogP contribution in [0.15, 0.2) is 60.9 Å². The molecular formula is C31H31N3O3. The number of benzene rings is 2. The second kappa shape index (κ2) is 9.15. The number of anilines is 1. The molecule has 3 atom stereocenters. The minimum Gasteiger partial charge on any atom is -0.481 e. The molecule has 188 valence electrons. The Bertz CT molecular complexity index is 1420. The summed E-state index contributed by atoms with van der Waals surface area (Å²) >= 11 is 0. The normalized spacial score (nSPS) is 22.8. The smallest absolute Gasteiger partial charge is 0.303 e. The Hall–Kier alpha value is -3.98. The molecule has 2 aliphatic carbocycles. The number of carboxylic acid groups (broad SMARTS) is 1. The summed E-state index contributed by atoms with van der Waals surface area (Å²) in [5.74, 6) is -0.903. The fraction of sp³-hybridized carbons (Fsp3) is 0.355. The van der Waals surface area contributed by atoms with Crippen LogP contribution in [0.3, 0.4) is 0 Å². The molecule has 1 amide bonds. The van der Waals surface area contributed by atoms with Crippen molar-refractivity contribution in [2.45, 2.75) is 57.3 Å². The number of aryl methyl sites for hydroxylation is 1. The molecule has 2 N–H and O–H groups in total. The zero-order valence-corrected chi connectivity index (χ0v) is 21.4. The van der Waals surface area contributed by atoms with E-state index in [1.165, 1.54) is 11.1 Å². The second-order valence-electron chi connectivity index (χ2n) is 11.1. The maximum absolute atomic E-state index is 13.8. The van der Waals surface area contributed by atoms with E-state index in [0.717, 1.165) is 23.1 Å². The van der Waals surface area contributed by atoms with Crippen molar-refractivity contribution in [3.8, 4) is 17.2 Å². The van der Waals surface area contributed by atoms with Crippen molar-refractivity contribution < 1.29 is 14.7 Å². The molecule has 6 nitrogen and oxygen atoms in total. The molecule has 6 heteroatoms. The van der Waals surface area contributed by atoms with Gasteiger partial charge >= 0.3 is 5.97 Å². The van der Waals surface area contributed by atoms with Gasteiger partial charge < -0.3 is 10.4 Å². The van der Waals surface area contributed by atoms with E-state index < -0.39 is 5.97 Å². The first-order valence-corrected chi connectivity index (χ1v) is 12.8. The summed E-state index contributed by atoms with van der Waals surface area (Å²) in [6, 6.07) is 18.0. The van der Waals surface area contributed by atoms with Crippen LogP contribution in [0.2, 0.25) is 0 Å². The van der Waals surface area contributed by atoms with Crippen LogP contribution in [-0.2, 0) is 26.8 Å². The zero-order chi connectivity index (χ0) is 26.4. The van der Waals surface area contributed by atoms with Crippen LogP contribution in [-0.4, -0.2) is 22.0 Å². The number of rotatable bonds is 7. The molecule has 1 fully saturated rings. The van der Waals surface area contributed by atoms with E-state index >= 15 is 0 Å². The van der Waals surface area contributed by atoms with E-state index in [4.69, 9.17) is 5.11 Å². The van der Waals surface area contributed by atoms with Crippen molar-refractivity contribution in [1.82, 2.24) is 4.98 Å². The molecule has 1 saturated carbocycles. The van der Waals surface area contributed by atoms with Crippen molar-refractivity contribution in [1.29, 1.82) is 5.26 Å². The van der Waals surface area contributed by atoms with Gasteiger partial charge in [-0.3, -0.25) is 14.6 Å². The standard InChI is InChI=1S/C31H31N3O3/c1-19-28(29(37)34-26-14-20(16-32)9-10-21(26)6-4-8-27(35)36)31(19)18-30(2,3)24-12-11-22(15-25(24)31)23-7-5-13-33-17-23/h5,7,9-15,17,19,28H,4,6,8,18H2,1-3H3,(H,34,37)(H,35,36)/t19?,28?,31-/m0/s1. The Labute approximate surface area is 217 Å². The van der Waals surface area contributed by atoms with Gasteiger partial charge in [0.05, 0.1) is 17.6 Å². The number of aliphatic carboxylic acids is 1. The number of aromatic nitrogens is 1. The summed E-state index contributed by atoms with van der Waals surface area (Å²) in [5, 5.41) is 21.5. The molecule has 5 rings (SSSR count). The molecule has 1 heterocycles. The third kappa shape index (κ3) is 4.29. The van der Waals surface area contributed by atoms with Gasteiger partial charge in [0.2, 0.25) is 5.91 Å². The first-order chi connectivity index (χ1) is 17.7. The molecule has 0 bridgehead atoms. The third-order valence-electron chi connectivity index (χ3n) is 8.35. The van der Waals surface area contributed by atoms with Crippen molar-refractivity contribution in [2.24, 2.45) is 11.8 Å². The van der Waals surface area contributed by atoms with E-state index in [2.05, 4.69) is 61.4 Å². The monoisotopic (exact) mass is 493 g/mol. The number of nitrogens with one attached hydrogen (secondary N) is 1. The highest BCUT2D eigenvalue weighted by Crippen LogP contribution is 2.70. The van der Waals surface area contributed by atoms with Gasteiger partial charge in [0, 0.05) is 29.9 Å². The number of nitrogens with zero attached hydrogens (tertiary/aromatic N) is 2. The molecule has 0 radical (unpaired) electrons. The van der Waals surface area contributed by atoms with E-state index in [-0.39, 0.29) is 35.0 Å². The van der Waals surface area contributed by atoms with Crippen LogP contribution >= 0.6 is 0 Å². The second-order valence-corrected chi connectivity index (χ2v) is 11.1. The maximum Gasteiger partial charge on any atom is 0.303 e. The maximum atomic E-state index is 13.8. The summed E-state index contributed by atoms with van der Waals surface area (Å²) in [6.45, 7) is 6.66. The molecule has 2 aromatic carbocycles. The Morgan fingerprint density at radius 2 is 1.95 bits per heavy atom. The molecule has 0 aliphatic heterocycles. The zero-order valence-electron chi connectivity index (χ0n) is 21.4. The lowest BCUT2D eigenvalue weighted by Crippen LogP contribution is -2.22. The summed E-state index contributed by atoms with van der Waals surface area (Å²) in [7, 11) is 0. The molecule has 2 unspecified atom stereocenters. The number of nitriles is 1. The summed E-state index contributed by atoms with van der Waals surface area (Å²) in [5.41, 5.74) is 6.33. The van der Waals surface area contributed by atoms with Gasteiger partial charge in [-0.25, -0.2) is 0 Å². The topological polar surface area (TPSA) is 103 Å².